The van der Waals surface area contributed by atoms with Gasteiger partial charge in [-0.15, -0.1) is 0 Å². The molecule has 0 aliphatic carbocycles. The minimum absolute atomic E-state index is 0.0526. The largest absolute Gasteiger partial charge is 0.497 e. The van der Waals surface area contributed by atoms with E-state index in [-0.39, 0.29) is 5.69 Å². The molecular formula is C15H16N2O4. The number of benzene rings is 2. The predicted molar refractivity (Wildman–Crippen MR) is 80.1 cm³/mol. The highest BCUT2D eigenvalue weighted by Crippen LogP contribution is 2.18. The maximum Gasteiger partial charge on any atom is 0.269 e. The van der Waals surface area contributed by atoms with Crippen LogP contribution >= 0.6 is 0 Å². The SMILES string of the molecule is COc1cccc(NCCOc2ccc([N+](=O)[O-])cc2)c1. The fraction of sp³-hybridized carbons (Fsp3) is 0.200. The van der Waals surface area contributed by atoms with Crippen molar-refractivity contribution in [1.29, 1.82) is 0 Å². The summed E-state index contributed by atoms with van der Waals surface area (Å²) >= 11 is 0. The van der Waals surface area contributed by atoms with Gasteiger partial charge in [0, 0.05) is 30.4 Å². The summed E-state index contributed by atoms with van der Waals surface area (Å²) in [5, 5.41) is 13.7. The zero-order valence-corrected chi connectivity index (χ0v) is 11.6. The van der Waals surface area contributed by atoms with E-state index in [1.807, 2.05) is 24.3 Å². The fourth-order valence-corrected chi connectivity index (χ4v) is 1.76. The molecule has 2 rings (SSSR count). The monoisotopic (exact) mass is 288 g/mol. The predicted octanol–water partition coefficient (Wildman–Crippen LogP) is 3.09. The molecule has 0 aliphatic rings. The van der Waals surface area contributed by atoms with Crippen LogP contribution in [0.25, 0.3) is 0 Å². The lowest BCUT2D eigenvalue weighted by Gasteiger charge is -2.09. The first-order chi connectivity index (χ1) is 10.2. The van der Waals surface area contributed by atoms with Gasteiger partial charge in [0.15, 0.2) is 0 Å². The number of hydrogen-bond acceptors (Lipinski definition) is 5. The van der Waals surface area contributed by atoms with Crippen LogP contribution < -0.4 is 14.8 Å². The van der Waals surface area contributed by atoms with Crippen molar-refractivity contribution in [3.63, 3.8) is 0 Å². The van der Waals surface area contributed by atoms with E-state index in [4.69, 9.17) is 9.47 Å². The Morgan fingerprint density at radius 3 is 2.57 bits per heavy atom. The van der Waals surface area contributed by atoms with Crippen molar-refractivity contribution in [2.75, 3.05) is 25.6 Å². The first-order valence-corrected chi connectivity index (χ1v) is 6.44. The lowest BCUT2D eigenvalue weighted by Crippen LogP contribution is -2.11. The Morgan fingerprint density at radius 1 is 1.14 bits per heavy atom. The number of nitro groups is 1. The highest BCUT2D eigenvalue weighted by molar-refractivity contribution is 5.48. The fourth-order valence-electron chi connectivity index (χ4n) is 1.76. The van der Waals surface area contributed by atoms with E-state index in [0.29, 0.717) is 18.9 Å². The molecule has 6 nitrogen and oxygen atoms in total. The maximum atomic E-state index is 10.5. The van der Waals surface area contributed by atoms with Crippen LogP contribution in [0.5, 0.6) is 11.5 Å². The molecule has 0 saturated carbocycles. The Morgan fingerprint density at radius 2 is 1.90 bits per heavy atom. The Balaban J connectivity index is 1.77. The first-order valence-electron chi connectivity index (χ1n) is 6.44. The van der Waals surface area contributed by atoms with Crippen LogP contribution in [-0.4, -0.2) is 25.2 Å². The molecule has 0 bridgehead atoms. The average Bonchev–Trinajstić information content (AvgIpc) is 2.52. The van der Waals surface area contributed by atoms with Gasteiger partial charge in [-0.2, -0.15) is 0 Å². The van der Waals surface area contributed by atoms with Crippen LogP contribution in [0.15, 0.2) is 48.5 Å². The Bertz CT molecular complexity index is 599. The molecule has 0 amide bonds. The lowest BCUT2D eigenvalue weighted by atomic mass is 10.3. The highest BCUT2D eigenvalue weighted by atomic mass is 16.6. The van der Waals surface area contributed by atoms with Gasteiger partial charge in [-0.05, 0) is 24.3 Å². The number of nitrogens with zero attached hydrogens (tertiary/aromatic N) is 1. The number of non-ortho nitro benzene ring substituents is 1. The number of nitrogens with one attached hydrogen (secondary N) is 1. The van der Waals surface area contributed by atoms with E-state index < -0.39 is 4.92 Å². The van der Waals surface area contributed by atoms with Crippen molar-refractivity contribution in [2.24, 2.45) is 0 Å². The molecule has 0 atom stereocenters. The van der Waals surface area contributed by atoms with E-state index in [1.165, 1.54) is 12.1 Å². The molecule has 0 spiro atoms. The van der Waals surface area contributed by atoms with Crippen LogP contribution in [-0.2, 0) is 0 Å². The van der Waals surface area contributed by atoms with Gasteiger partial charge in [-0.25, -0.2) is 0 Å². The van der Waals surface area contributed by atoms with E-state index in [1.54, 1.807) is 19.2 Å². The number of anilines is 1. The molecule has 21 heavy (non-hydrogen) atoms. The van der Waals surface area contributed by atoms with Crippen LogP contribution in [0.4, 0.5) is 11.4 Å². The molecule has 0 heterocycles. The van der Waals surface area contributed by atoms with Gasteiger partial charge in [-0.1, -0.05) is 6.07 Å². The van der Waals surface area contributed by atoms with E-state index in [9.17, 15) is 10.1 Å². The molecule has 0 unspecified atom stereocenters. The molecule has 0 fully saturated rings. The third-order valence-electron chi connectivity index (χ3n) is 2.82. The summed E-state index contributed by atoms with van der Waals surface area (Å²) in [5.41, 5.74) is 0.999. The summed E-state index contributed by atoms with van der Waals surface area (Å²) < 4.78 is 10.6. The quantitative estimate of drug-likeness (QED) is 0.481. The zero-order chi connectivity index (χ0) is 15.1. The number of nitro benzene ring substituents is 1. The summed E-state index contributed by atoms with van der Waals surface area (Å²) in [7, 11) is 1.62. The third-order valence-corrected chi connectivity index (χ3v) is 2.82. The molecule has 0 saturated heterocycles. The molecular weight excluding hydrogens is 272 g/mol. The van der Waals surface area contributed by atoms with Crippen molar-refractivity contribution < 1.29 is 14.4 Å². The molecule has 1 N–H and O–H groups in total. The molecule has 0 aliphatic heterocycles. The minimum Gasteiger partial charge on any atom is -0.497 e. The summed E-state index contributed by atoms with van der Waals surface area (Å²) in [6.45, 7) is 1.07. The smallest absolute Gasteiger partial charge is 0.269 e. The standard InChI is InChI=1S/C15H16N2O4/c1-20-15-4-2-3-12(11-15)16-9-10-21-14-7-5-13(6-8-14)17(18)19/h2-8,11,16H,9-10H2,1H3. The number of rotatable bonds is 7. The number of ether oxygens (including phenoxy) is 2. The molecule has 110 valence electrons. The topological polar surface area (TPSA) is 73.6 Å². The Labute approximate surface area is 122 Å². The summed E-state index contributed by atoms with van der Waals surface area (Å²) in [6.07, 6.45) is 0. The van der Waals surface area contributed by atoms with Crippen LogP contribution in [0, 0.1) is 10.1 Å². The van der Waals surface area contributed by atoms with Crippen molar-refractivity contribution in [3.05, 3.63) is 58.6 Å². The van der Waals surface area contributed by atoms with Gasteiger partial charge in [-0.3, -0.25) is 10.1 Å². The second-order valence-electron chi connectivity index (χ2n) is 4.26. The number of hydrogen-bond donors (Lipinski definition) is 1. The highest BCUT2D eigenvalue weighted by Gasteiger charge is 2.04. The molecule has 0 aromatic heterocycles. The first kappa shape index (κ1) is 14.6. The maximum absolute atomic E-state index is 10.5. The summed E-state index contributed by atoms with van der Waals surface area (Å²) in [6, 6.07) is 13.6. The van der Waals surface area contributed by atoms with Crippen molar-refractivity contribution in [1.82, 2.24) is 0 Å². The van der Waals surface area contributed by atoms with Crippen LogP contribution in [0.3, 0.4) is 0 Å². The zero-order valence-electron chi connectivity index (χ0n) is 11.6. The van der Waals surface area contributed by atoms with Gasteiger partial charge in [0.25, 0.3) is 5.69 Å². The number of methoxy groups -OCH3 is 1. The Hall–Kier alpha value is -2.76. The molecule has 2 aromatic carbocycles. The second kappa shape index (κ2) is 7.14. The molecule has 6 heteroatoms. The van der Waals surface area contributed by atoms with Gasteiger partial charge in [0.1, 0.15) is 18.1 Å². The van der Waals surface area contributed by atoms with Gasteiger partial charge < -0.3 is 14.8 Å². The minimum atomic E-state index is -0.436. The van der Waals surface area contributed by atoms with Crippen molar-refractivity contribution in [2.45, 2.75) is 0 Å². The third kappa shape index (κ3) is 4.38. The molecule has 0 radical (unpaired) electrons. The average molecular weight is 288 g/mol. The van der Waals surface area contributed by atoms with Crippen LogP contribution in [0.1, 0.15) is 0 Å². The summed E-state index contributed by atoms with van der Waals surface area (Å²) in [5.74, 6) is 1.39. The second-order valence-corrected chi connectivity index (χ2v) is 4.26. The molecule has 2 aromatic rings. The normalized spacial score (nSPS) is 9.95. The van der Waals surface area contributed by atoms with E-state index in [2.05, 4.69) is 5.32 Å². The van der Waals surface area contributed by atoms with E-state index in [0.717, 1.165) is 11.4 Å². The van der Waals surface area contributed by atoms with E-state index >= 15 is 0 Å². The van der Waals surface area contributed by atoms with Crippen LogP contribution in [0.2, 0.25) is 0 Å². The van der Waals surface area contributed by atoms with Gasteiger partial charge in [0.2, 0.25) is 0 Å². The van der Waals surface area contributed by atoms with Crippen molar-refractivity contribution >= 4 is 11.4 Å². The Kier molecular flexibility index (Phi) is 4.98. The lowest BCUT2D eigenvalue weighted by molar-refractivity contribution is -0.384. The van der Waals surface area contributed by atoms with Crippen molar-refractivity contribution in [3.8, 4) is 11.5 Å². The summed E-state index contributed by atoms with van der Waals surface area (Å²) in [4.78, 5) is 10.1. The van der Waals surface area contributed by atoms with Gasteiger partial charge in [0.05, 0.1) is 12.0 Å². The van der Waals surface area contributed by atoms with Gasteiger partial charge >= 0.3 is 0 Å².